The van der Waals surface area contributed by atoms with Crippen LogP contribution in [0.3, 0.4) is 0 Å². The van der Waals surface area contributed by atoms with Crippen molar-refractivity contribution in [1.82, 2.24) is 9.97 Å². The zero-order valence-corrected chi connectivity index (χ0v) is 15.9. The number of rotatable bonds is 4. The molecule has 0 atom stereocenters. The molecule has 0 fully saturated rings. The first-order valence-corrected chi connectivity index (χ1v) is 9.16. The lowest BCUT2D eigenvalue weighted by Gasteiger charge is -2.14. The normalized spacial score (nSPS) is 10.7. The van der Waals surface area contributed by atoms with Crippen LogP contribution in [-0.4, -0.2) is 9.97 Å². The summed E-state index contributed by atoms with van der Waals surface area (Å²) in [6, 6.07) is 22.3. The minimum Gasteiger partial charge on any atom is -0.393 e. The average Bonchev–Trinajstić information content (AvgIpc) is 2.67. The number of fused-ring (bicyclic) bond motifs is 1. The third-order valence-corrected chi connectivity index (χ3v) is 4.75. The fourth-order valence-electron chi connectivity index (χ4n) is 2.73. The van der Waals surface area contributed by atoms with Crippen LogP contribution in [0.1, 0.15) is 0 Å². The first-order valence-electron chi connectivity index (χ1n) is 8.08. The first kappa shape index (κ1) is 16.6. The molecule has 0 radical (unpaired) electrons. The summed E-state index contributed by atoms with van der Waals surface area (Å²) in [5, 5.41) is 8.84. The summed E-state index contributed by atoms with van der Waals surface area (Å²) in [6.45, 7) is 0. The second-order valence-corrected chi connectivity index (χ2v) is 7.01. The molecule has 0 amide bonds. The number of nitrogen functional groups attached to an aromatic ring is 1. The van der Waals surface area contributed by atoms with Crippen molar-refractivity contribution in [3.63, 3.8) is 0 Å². The van der Waals surface area contributed by atoms with E-state index in [1.165, 1.54) is 9.90 Å². The molecule has 1 aromatic heterocycles. The number of halogens is 1. The highest BCUT2D eigenvalue weighted by Crippen LogP contribution is 2.31. The Morgan fingerprint density at radius 1 is 0.769 bits per heavy atom. The summed E-state index contributed by atoms with van der Waals surface area (Å²) in [6.07, 6.45) is 1.50. The monoisotopic (exact) mass is 453 g/mol. The van der Waals surface area contributed by atoms with E-state index in [0.29, 0.717) is 17.3 Å². The van der Waals surface area contributed by atoms with Gasteiger partial charge in [-0.15, -0.1) is 0 Å². The Kier molecular flexibility index (Phi) is 4.57. The fraction of sp³-hybridized carbons (Fsp3) is 0. The van der Waals surface area contributed by atoms with Crippen LogP contribution in [0, 0.1) is 3.57 Å². The Morgan fingerprint density at radius 2 is 1.46 bits per heavy atom. The predicted molar refractivity (Wildman–Crippen MR) is 116 cm³/mol. The summed E-state index contributed by atoms with van der Waals surface area (Å²) in [7, 11) is 0. The molecule has 5 nitrogen and oxygen atoms in total. The van der Waals surface area contributed by atoms with Crippen molar-refractivity contribution in [3.8, 4) is 0 Å². The molecule has 0 unspecified atom stereocenters. The van der Waals surface area contributed by atoms with Crippen molar-refractivity contribution in [3.05, 3.63) is 76.6 Å². The van der Waals surface area contributed by atoms with Gasteiger partial charge >= 0.3 is 0 Å². The second-order valence-electron chi connectivity index (χ2n) is 5.77. The molecule has 4 N–H and O–H groups in total. The fourth-order valence-corrected chi connectivity index (χ4v) is 3.09. The van der Waals surface area contributed by atoms with E-state index in [1.807, 2.05) is 48.5 Å². The summed E-state index contributed by atoms with van der Waals surface area (Å²) in [5.74, 6) is 1.15. The highest BCUT2D eigenvalue weighted by Gasteiger charge is 2.10. The van der Waals surface area contributed by atoms with Gasteiger partial charge < -0.3 is 16.4 Å². The van der Waals surface area contributed by atoms with Crippen LogP contribution in [0.2, 0.25) is 0 Å². The van der Waals surface area contributed by atoms with Gasteiger partial charge in [0.25, 0.3) is 0 Å². The molecule has 4 aromatic rings. The van der Waals surface area contributed by atoms with Gasteiger partial charge in [0.15, 0.2) is 11.6 Å². The maximum absolute atomic E-state index is 6.30. The molecule has 3 aromatic carbocycles. The van der Waals surface area contributed by atoms with Crippen LogP contribution >= 0.6 is 22.6 Å². The number of nitrogens with two attached hydrogens (primary N) is 1. The van der Waals surface area contributed by atoms with E-state index in [0.717, 1.165) is 22.1 Å². The molecular formula is C20H16IN5. The zero-order chi connectivity index (χ0) is 17.9. The van der Waals surface area contributed by atoms with E-state index >= 15 is 0 Å². The first-order chi connectivity index (χ1) is 12.7. The molecule has 26 heavy (non-hydrogen) atoms. The maximum atomic E-state index is 6.30. The summed E-state index contributed by atoms with van der Waals surface area (Å²) < 4.78 is 1.17. The van der Waals surface area contributed by atoms with Gasteiger partial charge in [0.05, 0.1) is 0 Å². The van der Waals surface area contributed by atoms with E-state index in [9.17, 15) is 0 Å². The molecule has 0 saturated carbocycles. The van der Waals surface area contributed by atoms with Crippen molar-refractivity contribution in [2.75, 3.05) is 16.4 Å². The molecule has 128 valence electrons. The highest BCUT2D eigenvalue weighted by atomic mass is 127. The molecule has 0 aliphatic carbocycles. The number of nitrogens with one attached hydrogen (secondary N) is 2. The Morgan fingerprint density at radius 3 is 2.27 bits per heavy atom. The Balaban J connectivity index is 1.66. The van der Waals surface area contributed by atoms with Crippen LogP contribution in [-0.2, 0) is 0 Å². The van der Waals surface area contributed by atoms with Gasteiger partial charge in [-0.25, -0.2) is 9.97 Å². The lowest BCUT2D eigenvalue weighted by Crippen LogP contribution is -2.05. The minimum absolute atomic E-state index is 0.471. The van der Waals surface area contributed by atoms with Crippen molar-refractivity contribution in [2.45, 2.75) is 0 Å². The summed E-state index contributed by atoms with van der Waals surface area (Å²) >= 11 is 2.27. The molecule has 6 heteroatoms. The van der Waals surface area contributed by atoms with Gasteiger partial charge in [-0.05, 0) is 58.3 Å². The van der Waals surface area contributed by atoms with Gasteiger partial charge in [0.1, 0.15) is 12.0 Å². The number of anilines is 5. The maximum Gasteiger partial charge on any atom is 0.159 e. The van der Waals surface area contributed by atoms with Crippen LogP contribution in [0.25, 0.3) is 10.8 Å². The number of nitrogens with zero attached hydrogens (tertiary/aromatic N) is 2. The SMILES string of the molecule is Nc1c(Nc2ccc(I)cc2)ncnc1Nc1cccc2ccccc12. The van der Waals surface area contributed by atoms with E-state index in [1.54, 1.807) is 0 Å². The van der Waals surface area contributed by atoms with Crippen molar-refractivity contribution >= 4 is 62.1 Å². The number of hydrogen-bond acceptors (Lipinski definition) is 5. The topological polar surface area (TPSA) is 75.9 Å². The van der Waals surface area contributed by atoms with Crippen molar-refractivity contribution < 1.29 is 0 Å². The molecule has 0 aliphatic heterocycles. The van der Waals surface area contributed by atoms with Gasteiger partial charge in [-0.2, -0.15) is 0 Å². The molecule has 0 spiro atoms. The average molecular weight is 453 g/mol. The van der Waals surface area contributed by atoms with E-state index in [-0.39, 0.29) is 0 Å². The van der Waals surface area contributed by atoms with Crippen LogP contribution in [0.15, 0.2) is 73.1 Å². The molecule has 0 saturated heterocycles. The Hall–Kier alpha value is -2.87. The number of benzene rings is 3. The van der Waals surface area contributed by atoms with Gasteiger partial charge in [0, 0.05) is 20.3 Å². The van der Waals surface area contributed by atoms with Crippen molar-refractivity contribution in [1.29, 1.82) is 0 Å². The van der Waals surface area contributed by atoms with Gasteiger partial charge in [0.2, 0.25) is 0 Å². The quantitative estimate of drug-likeness (QED) is 0.366. The summed E-state index contributed by atoms with van der Waals surface area (Å²) in [4.78, 5) is 8.58. The number of aromatic nitrogens is 2. The smallest absolute Gasteiger partial charge is 0.159 e. The van der Waals surface area contributed by atoms with E-state index in [4.69, 9.17) is 5.73 Å². The summed E-state index contributed by atoms with van der Waals surface area (Å²) in [5.41, 5.74) is 8.65. The van der Waals surface area contributed by atoms with E-state index < -0.39 is 0 Å². The third-order valence-electron chi connectivity index (χ3n) is 4.03. The molecule has 4 rings (SSSR count). The van der Waals surface area contributed by atoms with Crippen LogP contribution < -0.4 is 16.4 Å². The molecule has 0 bridgehead atoms. The Bertz CT molecular complexity index is 1060. The standard InChI is InChI=1S/C20H16IN5/c21-14-8-10-15(11-9-14)25-19-18(22)20(24-12-23-19)26-17-7-3-5-13-4-1-2-6-16(13)17/h1-12H,22H2,(H2,23,24,25,26). The molecule has 0 aliphatic rings. The van der Waals surface area contributed by atoms with Gasteiger partial charge in [-0.3, -0.25) is 0 Å². The largest absolute Gasteiger partial charge is 0.393 e. The Labute approximate surface area is 164 Å². The number of hydrogen-bond donors (Lipinski definition) is 3. The lowest BCUT2D eigenvalue weighted by molar-refractivity contribution is 1.17. The van der Waals surface area contributed by atoms with E-state index in [2.05, 4.69) is 61.4 Å². The van der Waals surface area contributed by atoms with Crippen molar-refractivity contribution in [2.24, 2.45) is 0 Å². The third kappa shape index (κ3) is 3.41. The highest BCUT2D eigenvalue weighted by molar-refractivity contribution is 14.1. The molecular weight excluding hydrogens is 437 g/mol. The molecule has 1 heterocycles. The minimum atomic E-state index is 0.471. The lowest BCUT2D eigenvalue weighted by atomic mass is 10.1. The zero-order valence-electron chi connectivity index (χ0n) is 13.8. The predicted octanol–water partition coefficient (Wildman–Crippen LogP) is 5.30. The second kappa shape index (κ2) is 7.17. The van der Waals surface area contributed by atoms with Gasteiger partial charge in [-0.1, -0.05) is 36.4 Å². The van der Waals surface area contributed by atoms with Crippen LogP contribution in [0.5, 0.6) is 0 Å². The van der Waals surface area contributed by atoms with Crippen LogP contribution in [0.4, 0.5) is 28.7 Å².